The van der Waals surface area contributed by atoms with E-state index < -0.39 is 17.5 Å². The zero-order valence-electron chi connectivity index (χ0n) is 20.2. The van der Waals surface area contributed by atoms with E-state index in [2.05, 4.69) is 10.3 Å². The van der Waals surface area contributed by atoms with Crippen molar-refractivity contribution in [1.29, 1.82) is 0 Å². The average molecular weight is 524 g/mol. The van der Waals surface area contributed by atoms with Crippen molar-refractivity contribution in [3.05, 3.63) is 77.6 Å². The lowest BCUT2D eigenvalue weighted by molar-refractivity contribution is -0.143. The van der Waals surface area contributed by atoms with Crippen LogP contribution in [0.2, 0.25) is 0 Å². The Morgan fingerprint density at radius 1 is 1.11 bits per heavy atom. The van der Waals surface area contributed by atoms with Crippen molar-refractivity contribution in [3.63, 3.8) is 0 Å². The van der Waals surface area contributed by atoms with Gasteiger partial charge in [0.15, 0.2) is 0 Å². The number of fused-ring (bicyclic) bond motifs is 2. The van der Waals surface area contributed by atoms with Gasteiger partial charge in [0.25, 0.3) is 11.6 Å². The minimum Gasteiger partial charge on any atom is -0.481 e. The van der Waals surface area contributed by atoms with Crippen LogP contribution in [0.25, 0.3) is 21.8 Å². The number of carbonyl (C=O) groups excluding carboxylic acids is 1. The molecule has 1 aliphatic carbocycles. The molecule has 0 spiro atoms. The summed E-state index contributed by atoms with van der Waals surface area (Å²) in [7, 11) is 1.54. The van der Waals surface area contributed by atoms with E-state index in [1.165, 1.54) is 12.1 Å². The van der Waals surface area contributed by atoms with Crippen molar-refractivity contribution in [3.8, 4) is 0 Å². The Kier molecular flexibility index (Phi) is 6.95. The third kappa shape index (κ3) is 5.35. The lowest BCUT2D eigenvalue weighted by Gasteiger charge is -2.26. The Morgan fingerprint density at radius 2 is 1.89 bits per heavy atom. The van der Waals surface area contributed by atoms with Crippen molar-refractivity contribution in [2.75, 3.05) is 6.54 Å². The molecule has 0 saturated heterocycles. The van der Waals surface area contributed by atoms with E-state index >= 15 is 0 Å². The summed E-state index contributed by atoms with van der Waals surface area (Å²) in [5.41, 5.74) is -0.781. The van der Waals surface area contributed by atoms with Crippen LogP contribution in [0.3, 0.4) is 0 Å². The van der Waals surface area contributed by atoms with Crippen LogP contribution < -0.4 is 5.32 Å². The normalized spacial score (nSPS) is 18.2. The van der Waals surface area contributed by atoms with Crippen LogP contribution in [-0.2, 0) is 17.0 Å². The van der Waals surface area contributed by atoms with Gasteiger partial charge in [-0.05, 0) is 67.5 Å². The summed E-state index contributed by atoms with van der Waals surface area (Å²) in [6.45, 7) is 0.826. The predicted molar refractivity (Wildman–Crippen MR) is 142 cm³/mol. The lowest BCUT2D eigenvalue weighted by atomic mass is 9.82. The molecule has 1 aliphatic rings. The van der Waals surface area contributed by atoms with Gasteiger partial charge in [-0.3, -0.25) is 14.6 Å². The van der Waals surface area contributed by atoms with Crippen LogP contribution in [0.4, 0.5) is 8.78 Å². The topological polar surface area (TPSA) is 84.2 Å². The van der Waals surface area contributed by atoms with Gasteiger partial charge < -0.3 is 15.0 Å². The van der Waals surface area contributed by atoms with Gasteiger partial charge in [0.05, 0.1) is 22.5 Å². The number of aromatic nitrogens is 2. The van der Waals surface area contributed by atoms with Gasteiger partial charge in [-0.1, -0.05) is 27.4 Å². The molecule has 37 heavy (non-hydrogen) atoms. The van der Waals surface area contributed by atoms with Crippen LogP contribution in [-0.4, -0.2) is 33.1 Å². The maximum atomic E-state index is 14.3. The molecule has 1 saturated carbocycles. The number of nitrogens with one attached hydrogen (secondary N) is 1. The molecule has 1 unspecified atom stereocenters. The second kappa shape index (κ2) is 10.2. The van der Waals surface area contributed by atoms with Gasteiger partial charge >= 0.3 is 5.97 Å². The number of pyridine rings is 1. The molecule has 0 radical (unpaired) electrons. The zero-order chi connectivity index (χ0) is 26.2. The molecule has 1 fully saturated rings. The largest absolute Gasteiger partial charge is 0.481 e. The van der Waals surface area contributed by atoms with E-state index in [1.54, 1.807) is 21.5 Å². The quantitative estimate of drug-likeness (QED) is 0.301. The van der Waals surface area contributed by atoms with E-state index in [0.29, 0.717) is 49.7 Å². The van der Waals surface area contributed by atoms with E-state index in [-0.39, 0.29) is 23.0 Å². The van der Waals surface area contributed by atoms with Gasteiger partial charge in [-0.15, -0.1) is 0 Å². The molecule has 2 heterocycles. The van der Waals surface area contributed by atoms with E-state index in [4.69, 9.17) is 0 Å². The number of halogens is 2. The summed E-state index contributed by atoms with van der Waals surface area (Å²) in [6, 6.07) is 14.2. The first-order valence-electron chi connectivity index (χ1n) is 12.3. The number of hydrogen-bond donors (Lipinski definition) is 2. The second-order valence-electron chi connectivity index (χ2n) is 9.78. The Bertz CT molecular complexity index is 1470. The molecular formula is C28H28F2N3O3P. The van der Waals surface area contributed by atoms with E-state index in [9.17, 15) is 23.5 Å². The first kappa shape index (κ1) is 25.3. The van der Waals surface area contributed by atoms with Crippen LogP contribution in [0.1, 0.15) is 47.2 Å². The molecule has 0 bridgehead atoms. The van der Waals surface area contributed by atoms with Crippen LogP contribution in [0.5, 0.6) is 0 Å². The molecule has 5 rings (SSSR count). The number of nitrogens with zero attached hydrogens (tertiary/aromatic N) is 2. The third-order valence-corrected chi connectivity index (χ3v) is 7.65. The number of amides is 1. The number of aliphatic carboxylic acids is 1. The molecule has 0 aliphatic heterocycles. The van der Waals surface area contributed by atoms with Crippen molar-refractivity contribution >= 4 is 42.9 Å². The standard InChI is InChI=1S/C28H28F2N3O3P/c29-28(30,37)21-13-19-10-12-33(16-20-3-1-5-24-22(20)4-2-11-31-24)25(19)23(14-21)26(34)32-15-17-6-8-18(9-7-17)27(35)36/h1-5,10-14,17-18H,6-9,15-16,37H2,(H,32,34)(H,35,36). The Hall–Kier alpha value is -3.38. The lowest BCUT2D eigenvalue weighted by Crippen LogP contribution is -2.32. The van der Waals surface area contributed by atoms with Gasteiger partial charge in [-0.2, -0.15) is 8.78 Å². The molecule has 192 valence electrons. The number of carbonyl (C=O) groups is 2. The molecular weight excluding hydrogens is 495 g/mol. The van der Waals surface area contributed by atoms with E-state index in [1.807, 2.05) is 41.1 Å². The van der Waals surface area contributed by atoms with Gasteiger partial charge in [0.1, 0.15) is 0 Å². The monoisotopic (exact) mass is 523 g/mol. The second-order valence-corrected chi connectivity index (χ2v) is 10.5. The zero-order valence-corrected chi connectivity index (χ0v) is 21.3. The van der Waals surface area contributed by atoms with Gasteiger partial charge in [0, 0.05) is 41.8 Å². The maximum absolute atomic E-state index is 14.3. The third-order valence-electron chi connectivity index (χ3n) is 7.31. The number of hydrogen-bond acceptors (Lipinski definition) is 3. The van der Waals surface area contributed by atoms with Gasteiger partial charge in [0.2, 0.25) is 0 Å². The highest BCUT2D eigenvalue weighted by Crippen LogP contribution is 2.38. The molecule has 6 nitrogen and oxygen atoms in total. The first-order chi connectivity index (χ1) is 17.7. The molecule has 4 aromatic rings. The van der Waals surface area contributed by atoms with Gasteiger partial charge in [-0.25, -0.2) is 0 Å². The SMILES string of the molecule is O=C(NCC1CCC(C(=O)O)CC1)c1cc(C(F)(F)P)cc2ccn(Cc3cccc4ncccc34)c12. The Morgan fingerprint density at radius 3 is 2.62 bits per heavy atom. The molecule has 2 N–H and O–H groups in total. The Labute approximate surface area is 215 Å². The van der Waals surface area contributed by atoms with E-state index in [0.717, 1.165) is 16.5 Å². The summed E-state index contributed by atoms with van der Waals surface area (Å²) < 4.78 is 30.5. The number of alkyl halides is 2. The molecule has 9 heteroatoms. The highest BCUT2D eigenvalue weighted by Gasteiger charge is 2.29. The molecule has 2 aromatic heterocycles. The fourth-order valence-electron chi connectivity index (χ4n) is 5.28. The maximum Gasteiger partial charge on any atom is 0.306 e. The highest BCUT2D eigenvalue weighted by molar-refractivity contribution is 7.17. The summed E-state index contributed by atoms with van der Waals surface area (Å²) >= 11 is 0. The van der Waals surface area contributed by atoms with Crippen molar-refractivity contribution in [1.82, 2.24) is 14.9 Å². The molecule has 1 atom stereocenters. The predicted octanol–water partition coefficient (Wildman–Crippen LogP) is 5.78. The summed E-state index contributed by atoms with van der Waals surface area (Å²) in [5, 5.41) is 13.7. The minimum absolute atomic E-state index is 0.163. The number of benzene rings is 2. The van der Waals surface area contributed by atoms with Crippen molar-refractivity contribution in [2.24, 2.45) is 11.8 Å². The number of carboxylic acid groups (broad SMARTS) is 1. The van der Waals surface area contributed by atoms with Crippen LogP contribution in [0, 0.1) is 11.8 Å². The molecule has 2 aromatic carbocycles. The molecule has 1 amide bonds. The summed E-state index contributed by atoms with van der Waals surface area (Å²) in [5.74, 6) is -1.36. The minimum atomic E-state index is -3.18. The van der Waals surface area contributed by atoms with Crippen molar-refractivity contribution < 1.29 is 23.5 Å². The number of carboxylic acids is 1. The first-order valence-corrected chi connectivity index (χ1v) is 12.9. The summed E-state index contributed by atoms with van der Waals surface area (Å²) in [6.07, 6.45) is 6.13. The highest BCUT2D eigenvalue weighted by atomic mass is 31.0. The Balaban J connectivity index is 1.46. The van der Waals surface area contributed by atoms with Crippen molar-refractivity contribution in [2.45, 2.75) is 37.9 Å². The fraction of sp³-hybridized carbons (Fsp3) is 0.321. The smallest absolute Gasteiger partial charge is 0.306 e. The fourth-order valence-corrected chi connectivity index (χ4v) is 5.45. The van der Waals surface area contributed by atoms with Crippen LogP contribution >= 0.6 is 9.24 Å². The number of rotatable bonds is 7. The average Bonchev–Trinajstić information content (AvgIpc) is 3.29. The van der Waals surface area contributed by atoms with Crippen LogP contribution in [0.15, 0.2) is 60.9 Å². The summed E-state index contributed by atoms with van der Waals surface area (Å²) in [4.78, 5) is 29.0.